The van der Waals surface area contributed by atoms with E-state index in [2.05, 4.69) is 10.6 Å². The molecule has 0 fully saturated rings. The van der Waals surface area contributed by atoms with Crippen molar-refractivity contribution in [2.24, 2.45) is 0 Å². The molecule has 1 amide bonds. The average molecular weight is 475 g/mol. The van der Waals surface area contributed by atoms with Crippen LogP contribution in [0.5, 0.6) is 11.5 Å². The molecule has 1 atom stereocenters. The number of hydrogen-bond acceptors (Lipinski definition) is 5. The number of phenols is 1. The Kier molecular flexibility index (Phi) is 5.63. The Morgan fingerprint density at radius 1 is 1.18 bits per heavy atom. The number of anilines is 2. The Balaban J connectivity index is 1.67. The lowest BCUT2D eigenvalue weighted by atomic mass is 9.94. The molecule has 0 unspecified atom stereocenters. The van der Waals surface area contributed by atoms with Crippen molar-refractivity contribution in [1.29, 1.82) is 0 Å². The first-order valence-corrected chi connectivity index (χ1v) is 11.3. The van der Waals surface area contributed by atoms with Gasteiger partial charge in [-0.3, -0.25) is 9.36 Å². The van der Waals surface area contributed by atoms with Crippen LogP contribution in [-0.2, 0) is 4.79 Å². The number of nitrogens with zero attached hydrogens (tertiary/aromatic N) is 2. The number of aromatic hydroxyl groups is 1. The maximum absolute atomic E-state index is 13.6. The molecule has 7 nitrogen and oxygen atoms in total. The Hall–Kier alpha value is -3.97. The number of hydrogen-bond donors (Lipinski definition) is 3. The van der Waals surface area contributed by atoms with Crippen molar-refractivity contribution >= 4 is 40.2 Å². The lowest BCUT2D eigenvalue weighted by Crippen LogP contribution is -2.31. The van der Waals surface area contributed by atoms with Gasteiger partial charge in [0.1, 0.15) is 0 Å². The number of carbonyl (C=O) groups is 1. The number of rotatable bonds is 5. The highest BCUT2D eigenvalue weighted by molar-refractivity contribution is 6.30. The third-order valence-corrected chi connectivity index (χ3v) is 6.03. The first-order valence-electron chi connectivity index (χ1n) is 10.9. The van der Waals surface area contributed by atoms with E-state index < -0.39 is 6.04 Å². The van der Waals surface area contributed by atoms with Crippen molar-refractivity contribution in [3.8, 4) is 11.5 Å². The Bertz CT molecular complexity index is 1430. The molecule has 4 aromatic rings. The molecule has 1 aliphatic heterocycles. The monoisotopic (exact) mass is 474 g/mol. The van der Waals surface area contributed by atoms with Crippen molar-refractivity contribution in [2.75, 3.05) is 17.2 Å². The number of phenolic OH excluding ortho intramolecular Hbond substituents is 1. The maximum atomic E-state index is 13.6. The summed E-state index contributed by atoms with van der Waals surface area (Å²) in [5.41, 5.74) is 4.32. The first kappa shape index (κ1) is 21.9. The lowest BCUT2D eigenvalue weighted by molar-refractivity contribution is -0.113. The van der Waals surface area contributed by atoms with Gasteiger partial charge in [0, 0.05) is 16.4 Å². The standard InChI is InChI=1S/C26H23ClN4O3/c1-3-34-22-14-16(8-13-21(22)32)24-23(25(33)29-18-11-9-17(27)10-12-18)15(2)28-26-30-19-6-4-5-7-20(19)31(24)26/h4-14,24,32H,3H2,1-2H3,(H,28,30)(H,29,33)/t24-/m1/s1. The molecule has 0 saturated carbocycles. The van der Waals surface area contributed by atoms with Crippen LogP contribution in [0.25, 0.3) is 11.0 Å². The largest absolute Gasteiger partial charge is 0.504 e. The molecule has 0 spiro atoms. The quantitative estimate of drug-likeness (QED) is 0.344. The highest BCUT2D eigenvalue weighted by Crippen LogP contribution is 2.41. The van der Waals surface area contributed by atoms with E-state index in [1.807, 2.05) is 42.7 Å². The normalized spacial score (nSPS) is 15.1. The second-order valence-electron chi connectivity index (χ2n) is 7.98. The fourth-order valence-electron chi connectivity index (χ4n) is 4.28. The van der Waals surface area contributed by atoms with E-state index in [0.29, 0.717) is 40.3 Å². The van der Waals surface area contributed by atoms with Crippen molar-refractivity contribution in [2.45, 2.75) is 19.9 Å². The number of fused-ring (bicyclic) bond motifs is 3. The van der Waals surface area contributed by atoms with Gasteiger partial charge >= 0.3 is 0 Å². The highest BCUT2D eigenvalue weighted by atomic mass is 35.5. The van der Waals surface area contributed by atoms with Gasteiger partial charge in [-0.1, -0.05) is 29.8 Å². The van der Waals surface area contributed by atoms with Crippen molar-refractivity contribution in [1.82, 2.24) is 9.55 Å². The van der Waals surface area contributed by atoms with Gasteiger partial charge in [-0.2, -0.15) is 0 Å². The minimum atomic E-state index is -0.504. The van der Waals surface area contributed by atoms with Crippen LogP contribution in [0.15, 0.2) is 78.0 Å². The number of carbonyl (C=O) groups excluding carboxylic acids is 1. The number of benzene rings is 3. The predicted octanol–water partition coefficient (Wildman–Crippen LogP) is 5.72. The van der Waals surface area contributed by atoms with Gasteiger partial charge in [0.2, 0.25) is 5.95 Å². The van der Waals surface area contributed by atoms with E-state index in [1.165, 1.54) is 0 Å². The topological polar surface area (TPSA) is 88.4 Å². The van der Waals surface area contributed by atoms with Crippen LogP contribution < -0.4 is 15.4 Å². The molecule has 2 heterocycles. The number of imidazole rings is 1. The lowest BCUT2D eigenvalue weighted by Gasteiger charge is -2.31. The molecule has 0 bridgehead atoms. The molecule has 8 heteroatoms. The molecule has 1 aromatic heterocycles. The molecule has 0 saturated heterocycles. The molecule has 3 aromatic carbocycles. The molecular formula is C26H23ClN4O3. The first-order chi connectivity index (χ1) is 16.5. The molecule has 0 aliphatic carbocycles. The van der Waals surface area contributed by atoms with E-state index in [-0.39, 0.29) is 11.7 Å². The fraction of sp³-hybridized carbons (Fsp3) is 0.154. The van der Waals surface area contributed by atoms with Gasteiger partial charge in [0.15, 0.2) is 11.5 Å². The molecule has 34 heavy (non-hydrogen) atoms. The SMILES string of the molecule is CCOc1cc([C@@H]2C(C(=O)Nc3ccc(Cl)cc3)=C(C)Nc3nc4ccccc4n32)ccc1O. The zero-order chi connectivity index (χ0) is 23.8. The average Bonchev–Trinajstić information content (AvgIpc) is 3.19. The highest BCUT2D eigenvalue weighted by Gasteiger charge is 2.34. The van der Waals surface area contributed by atoms with Crippen LogP contribution in [0.4, 0.5) is 11.6 Å². The number of nitrogens with one attached hydrogen (secondary N) is 2. The summed E-state index contributed by atoms with van der Waals surface area (Å²) in [6, 6.07) is 19.4. The minimum absolute atomic E-state index is 0.0446. The number of aromatic nitrogens is 2. The van der Waals surface area contributed by atoms with Crippen LogP contribution in [0.3, 0.4) is 0 Å². The van der Waals surface area contributed by atoms with E-state index in [0.717, 1.165) is 16.6 Å². The summed E-state index contributed by atoms with van der Waals surface area (Å²) in [5.74, 6) is 0.785. The third-order valence-electron chi connectivity index (χ3n) is 5.78. The third kappa shape index (κ3) is 3.84. The van der Waals surface area contributed by atoms with Crippen LogP contribution >= 0.6 is 11.6 Å². The number of para-hydroxylation sites is 2. The van der Waals surface area contributed by atoms with Crippen LogP contribution in [-0.4, -0.2) is 27.2 Å². The summed E-state index contributed by atoms with van der Waals surface area (Å²) in [7, 11) is 0. The minimum Gasteiger partial charge on any atom is -0.504 e. The molecule has 5 rings (SSSR count). The Labute approximate surface area is 201 Å². The van der Waals surface area contributed by atoms with Gasteiger partial charge in [-0.05, 0) is 67.9 Å². The molecule has 172 valence electrons. The summed E-state index contributed by atoms with van der Waals surface area (Å²) in [6.45, 7) is 4.12. The van der Waals surface area contributed by atoms with Gasteiger partial charge in [-0.25, -0.2) is 4.98 Å². The van der Waals surface area contributed by atoms with Crippen molar-refractivity contribution < 1.29 is 14.6 Å². The maximum Gasteiger partial charge on any atom is 0.255 e. The summed E-state index contributed by atoms with van der Waals surface area (Å²) >= 11 is 6.00. The van der Waals surface area contributed by atoms with Crippen LogP contribution in [0.1, 0.15) is 25.5 Å². The Morgan fingerprint density at radius 3 is 2.71 bits per heavy atom. The second kappa shape index (κ2) is 8.76. The second-order valence-corrected chi connectivity index (χ2v) is 8.42. The van der Waals surface area contributed by atoms with E-state index in [4.69, 9.17) is 21.3 Å². The molecule has 1 aliphatic rings. The summed E-state index contributed by atoms with van der Waals surface area (Å²) < 4.78 is 7.64. The zero-order valence-corrected chi connectivity index (χ0v) is 19.4. The van der Waals surface area contributed by atoms with Crippen LogP contribution in [0.2, 0.25) is 5.02 Å². The van der Waals surface area contributed by atoms with Gasteiger partial charge in [0.25, 0.3) is 5.91 Å². The smallest absolute Gasteiger partial charge is 0.255 e. The summed E-state index contributed by atoms with van der Waals surface area (Å²) in [4.78, 5) is 18.4. The number of allylic oxidation sites excluding steroid dienone is 1. The molecular weight excluding hydrogens is 452 g/mol. The Morgan fingerprint density at radius 2 is 1.94 bits per heavy atom. The van der Waals surface area contributed by atoms with Crippen molar-refractivity contribution in [3.63, 3.8) is 0 Å². The van der Waals surface area contributed by atoms with E-state index in [1.54, 1.807) is 42.5 Å². The van der Waals surface area contributed by atoms with Gasteiger partial charge in [0.05, 0.1) is 29.3 Å². The van der Waals surface area contributed by atoms with Crippen LogP contribution in [0, 0.1) is 0 Å². The van der Waals surface area contributed by atoms with Gasteiger partial charge in [-0.15, -0.1) is 0 Å². The summed E-state index contributed by atoms with van der Waals surface area (Å²) in [5, 5.41) is 17.1. The number of amides is 1. The number of halogens is 1. The van der Waals surface area contributed by atoms with E-state index in [9.17, 15) is 9.90 Å². The molecule has 3 N–H and O–H groups in total. The van der Waals surface area contributed by atoms with Crippen molar-refractivity contribution in [3.05, 3.63) is 88.6 Å². The zero-order valence-electron chi connectivity index (χ0n) is 18.7. The predicted molar refractivity (Wildman–Crippen MR) is 134 cm³/mol. The fourth-order valence-corrected chi connectivity index (χ4v) is 4.40. The van der Waals surface area contributed by atoms with Gasteiger partial charge < -0.3 is 20.5 Å². The number of ether oxygens (including phenoxy) is 1. The summed E-state index contributed by atoms with van der Waals surface area (Å²) in [6.07, 6.45) is 0. The molecule has 0 radical (unpaired) electrons. The van der Waals surface area contributed by atoms with E-state index >= 15 is 0 Å².